The van der Waals surface area contributed by atoms with Gasteiger partial charge in [-0.25, -0.2) is 0 Å². The van der Waals surface area contributed by atoms with Crippen molar-refractivity contribution in [2.24, 2.45) is 0 Å². The van der Waals surface area contributed by atoms with Gasteiger partial charge < -0.3 is 0 Å². The van der Waals surface area contributed by atoms with Crippen LogP contribution in [0.5, 0.6) is 0 Å². The van der Waals surface area contributed by atoms with Gasteiger partial charge in [-0.15, -0.1) is 0 Å². The van der Waals surface area contributed by atoms with Crippen LogP contribution in [0.25, 0.3) is 0 Å². The fourth-order valence-electron chi connectivity index (χ4n) is 3.50. The van der Waals surface area contributed by atoms with E-state index in [0.717, 1.165) is 36.3 Å². The fourth-order valence-corrected chi connectivity index (χ4v) is 3.50. The van der Waals surface area contributed by atoms with Crippen molar-refractivity contribution in [1.82, 2.24) is 9.97 Å². The van der Waals surface area contributed by atoms with Crippen LogP contribution in [0.1, 0.15) is 39.3 Å². The van der Waals surface area contributed by atoms with Crippen LogP contribution in [-0.4, -0.2) is 9.97 Å². The molecule has 0 saturated heterocycles. The molecule has 0 radical (unpaired) electrons. The molecule has 0 spiro atoms. The lowest BCUT2D eigenvalue weighted by atomic mass is 9.98. The number of hydrogen-bond acceptors (Lipinski definition) is 2. The average molecular weight is 364 g/mol. The summed E-state index contributed by atoms with van der Waals surface area (Å²) in [6.45, 7) is 2.18. The summed E-state index contributed by atoms with van der Waals surface area (Å²) in [6, 6.07) is 29.7. The molecule has 2 aromatic carbocycles. The molecule has 4 rings (SSSR count). The van der Waals surface area contributed by atoms with Crippen LogP contribution in [0.15, 0.2) is 91.1 Å². The van der Waals surface area contributed by atoms with Crippen molar-refractivity contribution in [3.63, 3.8) is 0 Å². The maximum absolute atomic E-state index is 4.85. The van der Waals surface area contributed by atoms with Gasteiger partial charge >= 0.3 is 0 Å². The van der Waals surface area contributed by atoms with Crippen LogP contribution in [0.4, 0.5) is 0 Å². The normalized spacial score (nSPS) is 10.8. The molecule has 0 amide bonds. The Hall–Kier alpha value is -3.26. The molecule has 0 fully saturated rings. The molecule has 28 heavy (non-hydrogen) atoms. The Morgan fingerprint density at radius 1 is 0.607 bits per heavy atom. The molecule has 138 valence electrons. The highest BCUT2D eigenvalue weighted by atomic mass is 14.7. The molecule has 2 aromatic heterocycles. The largest absolute Gasteiger partial charge is 0.261 e. The van der Waals surface area contributed by atoms with Gasteiger partial charge in [0.1, 0.15) is 0 Å². The van der Waals surface area contributed by atoms with Crippen molar-refractivity contribution in [3.8, 4) is 0 Å². The van der Waals surface area contributed by atoms with Gasteiger partial charge in [0.25, 0.3) is 0 Å². The first kappa shape index (κ1) is 18.1. The van der Waals surface area contributed by atoms with Crippen LogP contribution in [0.2, 0.25) is 0 Å². The fraction of sp³-hybridized carbons (Fsp3) is 0.154. The molecule has 0 aliphatic carbocycles. The lowest BCUT2D eigenvalue weighted by Crippen LogP contribution is -1.99. The third kappa shape index (κ3) is 4.72. The SMILES string of the molecule is Cc1ccccc1Cc1cccc(Cc2cccc(Cc3ccccn3)n2)c1. The first-order valence-electron chi connectivity index (χ1n) is 9.73. The van der Waals surface area contributed by atoms with Gasteiger partial charge in [0.2, 0.25) is 0 Å². The molecule has 0 bridgehead atoms. The predicted molar refractivity (Wildman–Crippen MR) is 115 cm³/mol. The van der Waals surface area contributed by atoms with E-state index in [4.69, 9.17) is 4.98 Å². The van der Waals surface area contributed by atoms with Crippen molar-refractivity contribution in [1.29, 1.82) is 0 Å². The quantitative estimate of drug-likeness (QED) is 0.448. The number of hydrogen-bond donors (Lipinski definition) is 0. The minimum atomic E-state index is 0.766. The van der Waals surface area contributed by atoms with Crippen molar-refractivity contribution in [2.75, 3.05) is 0 Å². The molecular formula is C26H24N2. The first-order valence-corrected chi connectivity index (χ1v) is 9.73. The van der Waals surface area contributed by atoms with E-state index in [2.05, 4.69) is 78.6 Å². The highest BCUT2D eigenvalue weighted by Crippen LogP contribution is 2.17. The third-order valence-electron chi connectivity index (χ3n) is 4.99. The van der Waals surface area contributed by atoms with Crippen LogP contribution < -0.4 is 0 Å². The number of nitrogens with zero attached hydrogens (tertiary/aromatic N) is 2. The molecule has 0 unspecified atom stereocenters. The zero-order valence-corrected chi connectivity index (χ0v) is 16.2. The summed E-state index contributed by atoms with van der Waals surface area (Å²) >= 11 is 0. The Morgan fingerprint density at radius 2 is 1.29 bits per heavy atom. The second kappa shape index (κ2) is 8.62. The molecular weight excluding hydrogens is 340 g/mol. The van der Waals surface area contributed by atoms with Crippen molar-refractivity contribution < 1.29 is 0 Å². The molecule has 0 saturated carbocycles. The molecule has 2 nitrogen and oxygen atoms in total. The smallest absolute Gasteiger partial charge is 0.0466 e. The Balaban J connectivity index is 1.49. The standard InChI is InChI=1S/C26H24N2/c1-20-8-2-3-11-23(20)17-21-9-6-10-22(16-21)18-25-13-7-14-26(28-25)19-24-12-4-5-15-27-24/h2-16H,17-19H2,1H3. The van der Waals surface area contributed by atoms with Gasteiger partial charge in [0, 0.05) is 36.1 Å². The molecule has 2 heteroatoms. The van der Waals surface area contributed by atoms with E-state index in [-0.39, 0.29) is 0 Å². The molecule has 0 atom stereocenters. The van der Waals surface area contributed by atoms with E-state index in [1.807, 2.05) is 24.4 Å². The second-order valence-electron chi connectivity index (χ2n) is 7.22. The zero-order chi connectivity index (χ0) is 19.2. The average Bonchev–Trinajstić information content (AvgIpc) is 2.71. The lowest BCUT2D eigenvalue weighted by molar-refractivity contribution is 0.963. The number of aromatic nitrogens is 2. The highest BCUT2D eigenvalue weighted by molar-refractivity contribution is 5.35. The van der Waals surface area contributed by atoms with Crippen molar-refractivity contribution >= 4 is 0 Å². The number of benzene rings is 2. The van der Waals surface area contributed by atoms with Gasteiger partial charge in [-0.3, -0.25) is 9.97 Å². The van der Waals surface area contributed by atoms with Crippen LogP contribution in [0, 0.1) is 6.92 Å². The van der Waals surface area contributed by atoms with E-state index < -0.39 is 0 Å². The number of pyridine rings is 2. The Morgan fingerprint density at radius 3 is 2.07 bits per heavy atom. The summed E-state index contributed by atoms with van der Waals surface area (Å²) in [7, 11) is 0. The van der Waals surface area contributed by atoms with Crippen LogP contribution in [0.3, 0.4) is 0 Å². The summed E-state index contributed by atoms with van der Waals surface area (Å²) in [4.78, 5) is 9.26. The topological polar surface area (TPSA) is 25.8 Å². The van der Waals surface area contributed by atoms with Crippen LogP contribution in [-0.2, 0) is 19.3 Å². The Bertz CT molecular complexity index is 1050. The van der Waals surface area contributed by atoms with E-state index in [9.17, 15) is 0 Å². The predicted octanol–water partition coefficient (Wildman–Crippen LogP) is 5.56. The second-order valence-corrected chi connectivity index (χ2v) is 7.22. The van der Waals surface area contributed by atoms with Gasteiger partial charge in [-0.05, 0) is 59.9 Å². The van der Waals surface area contributed by atoms with Crippen molar-refractivity contribution in [3.05, 3.63) is 130 Å². The maximum atomic E-state index is 4.85. The van der Waals surface area contributed by atoms with Gasteiger partial charge in [0.15, 0.2) is 0 Å². The molecule has 0 N–H and O–H groups in total. The highest BCUT2D eigenvalue weighted by Gasteiger charge is 2.04. The summed E-state index contributed by atoms with van der Waals surface area (Å²) in [5.41, 5.74) is 8.58. The van der Waals surface area contributed by atoms with E-state index in [1.165, 1.54) is 22.3 Å². The molecule has 0 aliphatic heterocycles. The summed E-state index contributed by atoms with van der Waals surface area (Å²) < 4.78 is 0. The number of rotatable bonds is 6. The minimum absolute atomic E-state index is 0.766. The Kier molecular flexibility index (Phi) is 5.58. The molecule has 0 aliphatic rings. The number of aryl methyl sites for hydroxylation is 1. The van der Waals surface area contributed by atoms with Crippen molar-refractivity contribution in [2.45, 2.75) is 26.2 Å². The lowest BCUT2D eigenvalue weighted by Gasteiger charge is -2.09. The zero-order valence-electron chi connectivity index (χ0n) is 16.2. The molecule has 4 aromatic rings. The van der Waals surface area contributed by atoms with Gasteiger partial charge in [0.05, 0.1) is 0 Å². The third-order valence-corrected chi connectivity index (χ3v) is 4.99. The van der Waals surface area contributed by atoms with E-state index in [0.29, 0.717) is 0 Å². The molecule has 2 heterocycles. The maximum Gasteiger partial charge on any atom is 0.0466 e. The van der Waals surface area contributed by atoms with E-state index >= 15 is 0 Å². The Labute approximate surface area is 167 Å². The van der Waals surface area contributed by atoms with Crippen LogP contribution >= 0.6 is 0 Å². The summed E-state index contributed by atoms with van der Waals surface area (Å²) in [6.07, 6.45) is 4.41. The first-order chi connectivity index (χ1) is 13.8. The minimum Gasteiger partial charge on any atom is -0.261 e. The van der Waals surface area contributed by atoms with Gasteiger partial charge in [-0.2, -0.15) is 0 Å². The monoisotopic (exact) mass is 364 g/mol. The van der Waals surface area contributed by atoms with E-state index in [1.54, 1.807) is 0 Å². The summed E-state index contributed by atoms with van der Waals surface area (Å²) in [5, 5.41) is 0. The van der Waals surface area contributed by atoms with Gasteiger partial charge in [-0.1, -0.05) is 60.7 Å². The summed E-state index contributed by atoms with van der Waals surface area (Å²) in [5.74, 6) is 0.